The lowest BCUT2D eigenvalue weighted by molar-refractivity contribution is 0.0852. The van der Waals surface area contributed by atoms with Gasteiger partial charge in [0.1, 0.15) is 11.3 Å². The van der Waals surface area contributed by atoms with Gasteiger partial charge in [-0.15, -0.1) is 0 Å². The molecule has 0 spiro atoms. The van der Waals surface area contributed by atoms with Gasteiger partial charge in [-0.3, -0.25) is 4.79 Å². The molecular formula is C15H19N3O4. The largest absolute Gasteiger partial charge is 0.494 e. The fourth-order valence-electron chi connectivity index (χ4n) is 2.83. The zero-order valence-corrected chi connectivity index (χ0v) is 12.4. The molecule has 1 saturated heterocycles. The fourth-order valence-corrected chi connectivity index (χ4v) is 2.83. The van der Waals surface area contributed by atoms with Crippen LogP contribution in [0.1, 0.15) is 23.2 Å². The predicted octanol–water partition coefficient (Wildman–Crippen LogP) is 0.614. The molecule has 1 fully saturated rings. The third-order valence-corrected chi connectivity index (χ3v) is 4.04. The molecule has 0 aromatic carbocycles. The van der Waals surface area contributed by atoms with Crippen LogP contribution in [-0.2, 0) is 4.74 Å². The number of carbonyl (C=O) groups is 1. The average Bonchev–Trinajstić information content (AvgIpc) is 3.14. The minimum absolute atomic E-state index is 0.00171. The first-order valence-electron chi connectivity index (χ1n) is 7.20. The van der Waals surface area contributed by atoms with Gasteiger partial charge in [-0.1, -0.05) is 0 Å². The molecule has 118 valence electrons. The van der Waals surface area contributed by atoms with Crippen LogP contribution in [-0.4, -0.2) is 53.1 Å². The number of aliphatic hydroxyl groups is 1. The van der Waals surface area contributed by atoms with Crippen molar-refractivity contribution in [3.05, 3.63) is 30.1 Å². The number of rotatable bonds is 5. The Bertz CT molecular complexity index is 676. The van der Waals surface area contributed by atoms with E-state index in [2.05, 4.69) is 10.4 Å². The highest BCUT2D eigenvalue weighted by Gasteiger charge is 2.36. The van der Waals surface area contributed by atoms with Crippen molar-refractivity contribution in [3.8, 4) is 5.75 Å². The Hall–Kier alpha value is -2.12. The van der Waals surface area contributed by atoms with Crippen LogP contribution in [0.2, 0.25) is 0 Å². The number of methoxy groups -OCH3 is 1. The number of hydrogen-bond acceptors (Lipinski definition) is 5. The molecule has 7 heteroatoms. The maximum Gasteiger partial charge on any atom is 0.255 e. The van der Waals surface area contributed by atoms with Gasteiger partial charge in [0.15, 0.2) is 0 Å². The number of ether oxygens (including phenoxy) is 2. The third-order valence-electron chi connectivity index (χ3n) is 4.04. The first-order valence-corrected chi connectivity index (χ1v) is 7.20. The average molecular weight is 305 g/mol. The third kappa shape index (κ3) is 2.53. The summed E-state index contributed by atoms with van der Waals surface area (Å²) in [6, 6.07) is 3.59. The van der Waals surface area contributed by atoms with Crippen molar-refractivity contribution < 1.29 is 19.4 Å². The smallest absolute Gasteiger partial charge is 0.255 e. The molecular weight excluding hydrogens is 286 g/mol. The van der Waals surface area contributed by atoms with Crippen LogP contribution in [0, 0.1) is 0 Å². The summed E-state index contributed by atoms with van der Waals surface area (Å²) >= 11 is 0. The summed E-state index contributed by atoms with van der Waals surface area (Å²) in [5.41, 5.74) is 0.560. The Morgan fingerprint density at radius 2 is 2.50 bits per heavy atom. The molecule has 1 aliphatic rings. The zero-order valence-electron chi connectivity index (χ0n) is 12.4. The summed E-state index contributed by atoms with van der Waals surface area (Å²) < 4.78 is 12.3. The van der Waals surface area contributed by atoms with E-state index in [4.69, 9.17) is 9.47 Å². The first kappa shape index (κ1) is 14.8. The Morgan fingerprint density at radius 1 is 1.64 bits per heavy atom. The van der Waals surface area contributed by atoms with Crippen molar-refractivity contribution >= 4 is 11.4 Å². The highest BCUT2D eigenvalue weighted by molar-refractivity contribution is 6.02. The summed E-state index contributed by atoms with van der Waals surface area (Å²) in [5.74, 6) is 0.350. The SMILES string of the molecule is COc1cccn2ncc(C(=O)N[C@@]3(CCO)CCOC3)c12. The molecule has 2 N–H and O–H groups in total. The molecule has 3 heterocycles. The molecule has 1 aliphatic heterocycles. The van der Waals surface area contributed by atoms with Gasteiger partial charge in [0, 0.05) is 19.4 Å². The maximum absolute atomic E-state index is 12.7. The van der Waals surface area contributed by atoms with Crippen LogP contribution in [0.4, 0.5) is 0 Å². The number of nitrogens with one attached hydrogen (secondary N) is 1. The van der Waals surface area contributed by atoms with Crippen molar-refractivity contribution in [2.45, 2.75) is 18.4 Å². The Labute approximate surface area is 127 Å². The number of aromatic nitrogens is 2. The number of hydrogen-bond donors (Lipinski definition) is 2. The van der Waals surface area contributed by atoms with E-state index < -0.39 is 5.54 Å². The summed E-state index contributed by atoms with van der Waals surface area (Å²) in [5, 5.41) is 16.4. The zero-order chi connectivity index (χ0) is 15.6. The standard InChI is InChI=1S/C15H19N3O4/c1-21-12-3-2-6-18-13(12)11(9-16-18)14(20)17-15(4-7-19)5-8-22-10-15/h2-3,6,9,19H,4-5,7-8,10H2,1H3,(H,17,20)/t15-/m0/s1. The molecule has 0 bridgehead atoms. The molecule has 0 saturated carbocycles. The van der Waals surface area contributed by atoms with Crippen molar-refractivity contribution in [1.29, 1.82) is 0 Å². The van der Waals surface area contributed by atoms with E-state index in [9.17, 15) is 9.90 Å². The fraction of sp³-hybridized carbons (Fsp3) is 0.467. The van der Waals surface area contributed by atoms with Crippen molar-refractivity contribution in [2.24, 2.45) is 0 Å². The van der Waals surface area contributed by atoms with Gasteiger partial charge < -0.3 is 19.9 Å². The first-order chi connectivity index (χ1) is 10.7. The van der Waals surface area contributed by atoms with Crippen LogP contribution < -0.4 is 10.1 Å². The number of pyridine rings is 1. The number of fused-ring (bicyclic) bond motifs is 1. The van der Waals surface area contributed by atoms with Gasteiger partial charge in [0.25, 0.3) is 5.91 Å². The lowest BCUT2D eigenvalue weighted by Crippen LogP contribution is -2.49. The highest BCUT2D eigenvalue weighted by Crippen LogP contribution is 2.26. The molecule has 0 radical (unpaired) electrons. The minimum Gasteiger partial charge on any atom is -0.494 e. The maximum atomic E-state index is 12.7. The number of carbonyl (C=O) groups excluding carboxylic acids is 1. The van der Waals surface area contributed by atoms with Gasteiger partial charge >= 0.3 is 0 Å². The summed E-state index contributed by atoms with van der Waals surface area (Å²) in [4.78, 5) is 12.7. The van der Waals surface area contributed by atoms with Crippen LogP contribution in [0.5, 0.6) is 5.75 Å². The number of aliphatic hydroxyl groups excluding tert-OH is 1. The summed E-state index contributed by atoms with van der Waals surface area (Å²) in [6.07, 6.45) is 4.44. The van der Waals surface area contributed by atoms with Crippen LogP contribution in [0.15, 0.2) is 24.5 Å². The summed E-state index contributed by atoms with van der Waals surface area (Å²) in [7, 11) is 1.56. The van der Waals surface area contributed by atoms with Crippen molar-refractivity contribution in [2.75, 3.05) is 26.9 Å². The lowest BCUT2D eigenvalue weighted by atomic mass is 9.94. The van der Waals surface area contributed by atoms with Gasteiger partial charge in [-0.05, 0) is 25.0 Å². The second-order valence-corrected chi connectivity index (χ2v) is 5.44. The van der Waals surface area contributed by atoms with Crippen LogP contribution in [0.25, 0.3) is 5.52 Å². The van der Waals surface area contributed by atoms with E-state index in [1.807, 2.05) is 0 Å². The molecule has 3 rings (SSSR count). The quantitative estimate of drug-likeness (QED) is 0.845. The molecule has 1 amide bonds. The molecule has 2 aromatic heterocycles. The van der Waals surface area contributed by atoms with E-state index in [0.717, 1.165) is 0 Å². The van der Waals surface area contributed by atoms with Gasteiger partial charge in [0.2, 0.25) is 0 Å². The highest BCUT2D eigenvalue weighted by atomic mass is 16.5. The second kappa shape index (κ2) is 5.94. The van der Waals surface area contributed by atoms with Crippen LogP contribution >= 0.6 is 0 Å². The topological polar surface area (TPSA) is 85.1 Å². The second-order valence-electron chi connectivity index (χ2n) is 5.44. The molecule has 1 atom stereocenters. The van der Waals surface area contributed by atoms with Gasteiger partial charge in [-0.25, -0.2) is 4.52 Å². The monoisotopic (exact) mass is 305 g/mol. The Balaban J connectivity index is 1.92. The van der Waals surface area contributed by atoms with Crippen molar-refractivity contribution in [1.82, 2.24) is 14.9 Å². The molecule has 2 aromatic rings. The van der Waals surface area contributed by atoms with E-state index in [0.29, 0.717) is 42.9 Å². The normalized spacial score (nSPS) is 21.2. The summed E-state index contributed by atoms with van der Waals surface area (Å²) in [6.45, 7) is 0.996. The van der Waals surface area contributed by atoms with E-state index in [1.165, 1.54) is 6.20 Å². The van der Waals surface area contributed by atoms with Crippen LogP contribution in [0.3, 0.4) is 0 Å². The molecule has 22 heavy (non-hydrogen) atoms. The number of amides is 1. The van der Waals surface area contributed by atoms with Crippen molar-refractivity contribution in [3.63, 3.8) is 0 Å². The minimum atomic E-state index is -0.512. The predicted molar refractivity (Wildman–Crippen MR) is 79.1 cm³/mol. The molecule has 0 unspecified atom stereocenters. The Morgan fingerprint density at radius 3 is 3.18 bits per heavy atom. The molecule has 7 nitrogen and oxygen atoms in total. The van der Waals surface area contributed by atoms with E-state index in [-0.39, 0.29) is 12.5 Å². The molecule has 0 aliphatic carbocycles. The number of nitrogens with zero attached hydrogens (tertiary/aromatic N) is 2. The van der Waals surface area contributed by atoms with Gasteiger partial charge in [-0.2, -0.15) is 5.10 Å². The Kier molecular flexibility index (Phi) is 4.00. The van der Waals surface area contributed by atoms with Gasteiger partial charge in [0.05, 0.1) is 31.0 Å². The van der Waals surface area contributed by atoms with E-state index in [1.54, 1.807) is 30.0 Å². The van der Waals surface area contributed by atoms with E-state index >= 15 is 0 Å². The lowest BCUT2D eigenvalue weighted by Gasteiger charge is -2.27.